The first-order valence-corrected chi connectivity index (χ1v) is 6.65. The number of halogens is 1. The minimum absolute atomic E-state index is 0.0436. The second kappa shape index (κ2) is 5.48. The van der Waals surface area contributed by atoms with Gasteiger partial charge in [0.2, 0.25) is 0 Å². The van der Waals surface area contributed by atoms with Crippen molar-refractivity contribution in [3.63, 3.8) is 0 Å². The number of hydrogen-bond acceptors (Lipinski definition) is 4. The van der Waals surface area contributed by atoms with E-state index in [4.69, 9.17) is 9.84 Å². The summed E-state index contributed by atoms with van der Waals surface area (Å²) in [7, 11) is 1.33. The Morgan fingerprint density at radius 2 is 2.26 bits per heavy atom. The molecule has 102 valence electrons. The molecule has 0 aromatic heterocycles. The Hall–Kier alpha value is -1.76. The van der Waals surface area contributed by atoms with Gasteiger partial charge < -0.3 is 14.7 Å². The van der Waals surface area contributed by atoms with E-state index < -0.39 is 23.7 Å². The lowest BCUT2D eigenvalue weighted by Crippen LogP contribution is -2.41. The number of nitrogens with zero attached hydrogens (tertiary/aromatic N) is 1. The van der Waals surface area contributed by atoms with Gasteiger partial charge in [-0.1, -0.05) is 0 Å². The maximum absolute atomic E-state index is 13.5. The summed E-state index contributed by atoms with van der Waals surface area (Å²) >= 11 is 1.36. The molecule has 0 spiro atoms. The second-order valence-corrected chi connectivity index (χ2v) is 4.98. The van der Waals surface area contributed by atoms with Crippen molar-refractivity contribution in [1.29, 1.82) is 0 Å². The van der Waals surface area contributed by atoms with Crippen molar-refractivity contribution in [3.05, 3.63) is 29.6 Å². The molecule has 1 atom stereocenters. The molecule has 1 aliphatic heterocycles. The molecule has 0 unspecified atom stereocenters. The highest BCUT2D eigenvalue weighted by Crippen LogP contribution is 2.25. The molecule has 0 aliphatic carbocycles. The average molecular weight is 285 g/mol. The number of carboxylic acids is 1. The van der Waals surface area contributed by atoms with E-state index in [1.807, 2.05) is 0 Å². The average Bonchev–Trinajstić information content (AvgIpc) is 2.87. The molecular weight excluding hydrogens is 273 g/mol. The number of rotatable bonds is 3. The number of aliphatic carboxylic acids is 1. The number of ether oxygens (including phenoxy) is 1. The Morgan fingerprint density at radius 1 is 1.53 bits per heavy atom. The summed E-state index contributed by atoms with van der Waals surface area (Å²) in [6, 6.07) is 2.97. The number of benzene rings is 1. The standard InChI is InChI=1S/C12H12FNO4S/c1-18-10-3-2-7(4-8(10)13)11(15)14-6-19-5-9(14)12(16)17/h2-4,9H,5-6H2,1H3,(H,16,17)/t9-/m0/s1. The highest BCUT2D eigenvalue weighted by atomic mass is 32.2. The van der Waals surface area contributed by atoms with Gasteiger partial charge in [0.05, 0.1) is 13.0 Å². The summed E-state index contributed by atoms with van der Waals surface area (Å²) in [5, 5.41) is 9.01. The summed E-state index contributed by atoms with van der Waals surface area (Å²) in [4.78, 5) is 24.4. The molecule has 0 radical (unpaired) electrons. The van der Waals surface area contributed by atoms with Gasteiger partial charge in [-0.15, -0.1) is 11.8 Å². The van der Waals surface area contributed by atoms with E-state index >= 15 is 0 Å². The molecule has 1 N–H and O–H groups in total. The quantitative estimate of drug-likeness (QED) is 0.910. The third-order valence-electron chi connectivity index (χ3n) is 2.83. The van der Waals surface area contributed by atoms with Gasteiger partial charge in [0.1, 0.15) is 6.04 Å². The van der Waals surface area contributed by atoms with Crippen LogP contribution in [0, 0.1) is 5.82 Å². The fourth-order valence-corrected chi connectivity index (χ4v) is 2.96. The van der Waals surface area contributed by atoms with E-state index in [0.29, 0.717) is 11.6 Å². The zero-order valence-corrected chi connectivity index (χ0v) is 10.9. The van der Waals surface area contributed by atoms with Gasteiger partial charge in [0.25, 0.3) is 5.91 Å². The number of carbonyl (C=O) groups excluding carboxylic acids is 1. The third-order valence-corrected chi connectivity index (χ3v) is 3.84. The largest absolute Gasteiger partial charge is 0.494 e. The summed E-state index contributed by atoms with van der Waals surface area (Å²) < 4.78 is 18.3. The van der Waals surface area contributed by atoms with E-state index in [9.17, 15) is 14.0 Å². The summed E-state index contributed by atoms with van der Waals surface area (Å²) in [6.45, 7) is 0. The van der Waals surface area contributed by atoms with Crippen LogP contribution < -0.4 is 4.74 Å². The predicted octanol–water partition coefficient (Wildman–Crippen LogP) is 1.43. The fourth-order valence-electron chi connectivity index (χ4n) is 1.81. The second-order valence-electron chi connectivity index (χ2n) is 3.98. The lowest BCUT2D eigenvalue weighted by Gasteiger charge is -2.20. The first kappa shape index (κ1) is 13.7. The predicted molar refractivity (Wildman–Crippen MR) is 67.9 cm³/mol. The fraction of sp³-hybridized carbons (Fsp3) is 0.333. The molecule has 0 saturated carbocycles. The van der Waals surface area contributed by atoms with Gasteiger partial charge in [-0.3, -0.25) is 4.79 Å². The van der Waals surface area contributed by atoms with Crippen LogP contribution in [0.5, 0.6) is 5.75 Å². The Bertz CT molecular complexity index is 522. The van der Waals surface area contributed by atoms with E-state index in [2.05, 4.69) is 0 Å². The number of methoxy groups -OCH3 is 1. The molecule has 0 bridgehead atoms. The van der Waals surface area contributed by atoms with E-state index in [1.165, 1.54) is 35.9 Å². The van der Waals surface area contributed by atoms with Crippen molar-refractivity contribution in [2.75, 3.05) is 18.7 Å². The number of carboxylic acid groups (broad SMARTS) is 1. The highest BCUT2D eigenvalue weighted by Gasteiger charge is 2.35. The number of hydrogen-bond donors (Lipinski definition) is 1. The molecule has 1 heterocycles. The normalized spacial score (nSPS) is 18.4. The van der Waals surface area contributed by atoms with Crippen LogP contribution in [0.25, 0.3) is 0 Å². The monoisotopic (exact) mass is 285 g/mol. The van der Waals surface area contributed by atoms with Crippen molar-refractivity contribution in [2.24, 2.45) is 0 Å². The smallest absolute Gasteiger partial charge is 0.327 e. The Balaban J connectivity index is 2.24. The minimum Gasteiger partial charge on any atom is -0.494 e. The maximum Gasteiger partial charge on any atom is 0.327 e. The van der Waals surface area contributed by atoms with Crippen molar-refractivity contribution in [1.82, 2.24) is 4.90 Å². The van der Waals surface area contributed by atoms with Crippen LogP contribution in [0.2, 0.25) is 0 Å². The number of amides is 1. The molecule has 1 aromatic rings. The van der Waals surface area contributed by atoms with E-state index in [0.717, 1.165) is 6.07 Å². The van der Waals surface area contributed by atoms with Crippen LogP contribution in [-0.2, 0) is 4.79 Å². The lowest BCUT2D eigenvalue weighted by atomic mass is 10.1. The number of thioether (sulfide) groups is 1. The van der Waals surface area contributed by atoms with Crippen molar-refractivity contribution in [2.45, 2.75) is 6.04 Å². The molecule has 2 rings (SSSR count). The van der Waals surface area contributed by atoms with Crippen LogP contribution in [-0.4, -0.2) is 46.7 Å². The van der Waals surface area contributed by atoms with Crippen molar-refractivity contribution < 1.29 is 23.8 Å². The van der Waals surface area contributed by atoms with Gasteiger partial charge in [-0.25, -0.2) is 9.18 Å². The Morgan fingerprint density at radius 3 is 2.84 bits per heavy atom. The lowest BCUT2D eigenvalue weighted by molar-refractivity contribution is -0.140. The summed E-state index contributed by atoms with van der Waals surface area (Å²) in [6.07, 6.45) is 0. The molecule has 1 saturated heterocycles. The molecular formula is C12H12FNO4S. The van der Waals surface area contributed by atoms with Crippen LogP contribution in [0.4, 0.5) is 4.39 Å². The van der Waals surface area contributed by atoms with Gasteiger partial charge in [-0.2, -0.15) is 0 Å². The third kappa shape index (κ3) is 2.65. The highest BCUT2D eigenvalue weighted by molar-refractivity contribution is 7.99. The van der Waals surface area contributed by atoms with Gasteiger partial charge in [0.15, 0.2) is 11.6 Å². The number of carbonyl (C=O) groups is 2. The van der Waals surface area contributed by atoms with Crippen LogP contribution in [0.15, 0.2) is 18.2 Å². The molecule has 1 amide bonds. The van der Waals surface area contributed by atoms with E-state index in [-0.39, 0.29) is 11.3 Å². The molecule has 1 aliphatic rings. The van der Waals surface area contributed by atoms with E-state index in [1.54, 1.807) is 0 Å². The first-order valence-electron chi connectivity index (χ1n) is 5.49. The summed E-state index contributed by atoms with van der Waals surface area (Å²) in [5.41, 5.74) is 0.118. The Kier molecular flexibility index (Phi) is 3.94. The van der Waals surface area contributed by atoms with Crippen LogP contribution in [0.1, 0.15) is 10.4 Å². The SMILES string of the molecule is COc1ccc(C(=O)N2CSC[C@H]2C(=O)O)cc1F. The first-order chi connectivity index (χ1) is 9.04. The molecule has 1 fully saturated rings. The molecule has 19 heavy (non-hydrogen) atoms. The topological polar surface area (TPSA) is 66.8 Å². The van der Waals surface area contributed by atoms with Gasteiger partial charge in [0, 0.05) is 11.3 Å². The molecule has 7 heteroatoms. The summed E-state index contributed by atoms with van der Waals surface area (Å²) in [5.74, 6) is -1.50. The molecule has 1 aromatic carbocycles. The maximum atomic E-state index is 13.5. The zero-order chi connectivity index (χ0) is 14.0. The van der Waals surface area contributed by atoms with Gasteiger partial charge >= 0.3 is 5.97 Å². The zero-order valence-electron chi connectivity index (χ0n) is 10.1. The van der Waals surface area contributed by atoms with Crippen LogP contribution in [0.3, 0.4) is 0 Å². The minimum atomic E-state index is -1.05. The van der Waals surface area contributed by atoms with Gasteiger partial charge in [-0.05, 0) is 18.2 Å². The van der Waals surface area contributed by atoms with Crippen LogP contribution >= 0.6 is 11.8 Å². The Labute approximate surface area is 113 Å². The molecule has 5 nitrogen and oxygen atoms in total. The van der Waals surface area contributed by atoms with Crippen molar-refractivity contribution >= 4 is 23.6 Å². The van der Waals surface area contributed by atoms with Crippen molar-refractivity contribution in [3.8, 4) is 5.75 Å².